The van der Waals surface area contributed by atoms with Gasteiger partial charge in [0.15, 0.2) is 5.69 Å². The smallest absolute Gasteiger partial charge is 0.366 e. The van der Waals surface area contributed by atoms with E-state index in [4.69, 9.17) is 17.3 Å². The SMILES string of the molecule is NC(=O)c1cccc(NC(=O)c2ccc(-c3cc(C(F)(F)F)nn3-c3ccccc3Cl)cc2)c1. The number of para-hydroxylation sites is 1. The van der Waals surface area contributed by atoms with Crippen LogP contribution in [0.4, 0.5) is 18.9 Å². The minimum absolute atomic E-state index is 0.154. The fourth-order valence-electron chi connectivity index (χ4n) is 3.28. The quantitative estimate of drug-likeness (QED) is 0.388. The highest BCUT2D eigenvalue weighted by atomic mass is 35.5. The number of nitrogens with two attached hydrogens (primary N) is 1. The number of anilines is 1. The Kier molecular flexibility index (Phi) is 6.12. The van der Waals surface area contributed by atoms with Gasteiger partial charge in [-0.25, -0.2) is 4.68 Å². The monoisotopic (exact) mass is 484 g/mol. The zero-order valence-electron chi connectivity index (χ0n) is 17.3. The molecule has 4 aromatic rings. The number of nitrogens with zero attached hydrogens (tertiary/aromatic N) is 2. The van der Waals surface area contributed by atoms with E-state index < -0.39 is 23.7 Å². The van der Waals surface area contributed by atoms with Crippen LogP contribution in [-0.4, -0.2) is 21.6 Å². The molecule has 0 spiro atoms. The first kappa shape index (κ1) is 23.1. The van der Waals surface area contributed by atoms with Crippen molar-refractivity contribution < 1.29 is 22.8 Å². The van der Waals surface area contributed by atoms with E-state index in [0.29, 0.717) is 11.3 Å². The first-order valence-electron chi connectivity index (χ1n) is 9.87. The Bertz CT molecular complexity index is 1380. The molecule has 0 radical (unpaired) electrons. The molecule has 0 saturated carbocycles. The molecule has 0 unspecified atom stereocenters. The summed E-state index contributed by atoms with van der Waals surface area (Å²) in [4.78, 5) is 23.9. The molecule has 10 heteroatoms. The van der Waals surface area contributed by atoms with Gasteiger partial charge in [0.05, 0.1) is 16.4 Å². The van der Waals surface area contributed by atoms with Gasteiger partial charge in [-0.15, -0.1) is 0 Å². The third kappa shape index (κ3) is 4.79. The minimum atomic E-state index is -4.65. The molecule has 3 aromatic carbocycles. The predicted octanol–water partition coefficient (Wildman–Crippen LogP) is 5.56. The number of primary amides is 1. The summed E-state index contributed by atoms with van der Waals surface area (Å²) in [6.45, 7) is 0. The number of nitrogens with one attached hydrogen (secondary N) is 1. The molecule has 0 atom stereocenters. The van der Waals surface area contributed by atoms with E-state index in [9.17, 15) is 22.8 Å². The molecule has 0 fully saturated rings. The van der Waals surface area contributed by atoms with Crippen molar-refractivity contribution in [1.82, 2.24) is 9.78 Å². The van der Waals surface area contributed by atoms with Crippen LogP contribution in [0.3, 0.4) is 0 Å². The number of alkyl halides is 3. The van der Waals surface area contributed by atoms with Crippen LogP contribution >= 0.6 is 11.6 Å². The highest BCUT2D eigenvalue weighted by Gasteiger charge is 2.35. The van der Waals surface area contributed by atoms with Gasteiger partial charge < -0.3 is 11.1 Å². The predicted molar refractivity (Wildman–Crippen MR) is 122 cm³/mol. The molecule has 172 valence electrons. The fourth-order valence-corrected chi connectivity index (χ4v) is 3.49. The van der Waals surface area contributed by atoms with Gasteiger partial charge in [-0.05, 0) is 48.5 Å². The number of hydrogen-bond acceptors (Lipinski definition) is 3. The highest BCUT2D eigenvalue weighted by molar-refractivity contribution is 6.32. The summed E-state index contributed by atoms with van der Waals surface area (Å²) in [7, 11) is 0. The third-order valence-corrected chi connectivity index (χ3v) is 5.25. The number of carbonyl (C=O) groups is 2. The molecule has 2 amide bonds. The van der Waals surface area contributed by atoms with Crippen molar-refractivity contribution in [2.24, 2.45) is 5.73 Å². The third-order valence-electron chi connectivity index (χ3n) is 4.93. The summed E-state index contributed by atoms with van der Waals surface area (Å²) in [5.74, 6) is -1.10. The van der Waals surface area contributed by atoms with E-state index in [1.165, 1.54) is 36.4 Å². The fraction of sp³-hybridized carbons (Fsp3) is 0.0417. The second kappa shape index (κ2) is 9.03. The van der Waals surface area contributed by atoms with Crippen LogP contribution in [0.5, 0.6) is 0 Å². The van der Waals surface area contributed by atoms with Crippen LogP contribution in [-0.2, 0) is 6.18 Å². The van der Waals surface area contributed by atoms with E-state index in [2.05, 4.69) is 10.4 Å². The molecule has 0 bridgehead atoms. The largest absolute Gasteiger partial charge is 0.435 e. The summed E-state index contributed by atoms with van der Waals surface area (Å²) >= 11 is 6.19. The van der Waals surface area contributed by atoms with Gasteiger partial charge in [-0.3, -0.25) is 9.59 Å². The second-order valence-corrected chi connectivity index (χ2v) is 7.66. The molecule has 0 aliphatic heterocycles. The Hall–Kier alpha value is -4.11. The van der Waals surface area contributed by atoms with E-state index in [1.54, 1.807) is 36.4 Å². The van der Waals surface area contributed by atoms with E-state index in [0.717, 1.165) is 10.7 Å². The van der Waals surface area contributed by atoms with Crippen molar-refractivity contribution >= 4 is 29.1 Å². The molecule has 0 aliphatic carbocycles. The van der Waals surface area contributed by atoms with Crippen LogP contribution in [0.1, 0.15) is 26.4 Å². The van der Waals surface area contributed by atoms with Crippen LogP contribution in [0.2, 0.25) is 5.02 Å². The normalized spacial score (nSPS) is 11.3. The lowest BCUT2D eigenvalue weighted by atomic mass is 10.1. The number of amides is 2. The number of benzene rings is 3. The van der Waals surface area contributed by atoms with Gasteiger partial charge in [0, 0.05) is 22.4 Å². The second-order valence-electron chi connectivity index (χ2n) is 7.25. The zero-order valence-corrected chi connectivity index (χ0v) is 18.1. The number of halogens is 4. The summed E-state index contributed by atoms with van der Waals surface area (Å²) in [5.41, 5.74) is 5.88. The van der Waals surface area contributed by atoms with Crippen LogP contribution < -0.4 is 11.1 Å². The van der Waals surface area contributed by atoms with Crippen molar-refractivity contribution in [3.63, 3.8) is 0 Å². The van der Waals surface area contributed by atoms with Gasteiger partial charge >= 0.3 is 6.18 Å². The van der Waals surface area contributed by atoms with E-state index in [1.807, 2.05) is 0 Å². The Morgan fingerprint density at radius 3 is 2.26 bits per heavy atom. The molecule has 3 N–H and O–H groups in total. The maximum absolute atomic E-state index is 13.4. The molecule has 4 rings (SSSR count). The zero-order chi connectivity index (χ0) is 24.5. The van der Waals surface area contributed by atoms with Gasteiger partial charge in [-0.2, -0.15) is 18.3 Å². The standard InChI is InChI=1S/C24H16ClF3N4O2/c25-18-6-1-2-7-19(18)32-20(13-21(31-32)24(26,27)28)14-8-10-15(11-9-14)23(34)30-17-5-3-4-16(12-17)22(29)33/h1-13H,(H2,29,33)(H,30,34). The summed E-state index contributed by atoms with van der Waals surface area (Å²) < 4.78 is 41.3. The lowest BCUT2D eigenvalue weighted by Gasteiger charge is -2.10. The first-order valence-corrected chi connectivity index (χ1v) is 10.2. The van der Waals surface area contributed by atoms with Crippen LogP contribution in [0, 0.1) is 0 Å². The molecule has 1 heterocycles. The van der Waals surface area contributed by atoms with Crippen molar-refractivity contribution in [2.75, 3.05) is 5.32 Å². The Morgan fingerprint density at radius 2 is 1.62 bits per heavy atom. The van der Waals surface area contributed by atoms with Crippen molar-refractivity contribution in [3.05, 3.63) is 101 Å². The van der Waals surface area contributed by atoms with Gasteiger partial charge in [0.1, 0.15) is 0 Å². The molecular weight excluding hydrogens is 469 g/mol. The van der Waals surface area contributed by atoms with Gasteiger partial charge in [0.2, 0.25) is 5.91 Å². The number of hydrogen-bond donors (Lipinski definition) is 2. The van der Waals surface area contributed by atoms with Gasteiger partial charge in [-0.1, -0.05) is 41.9 Å². The summed E-state index contributed by atoms with van der Waals surface area (Å²) in [6.07, 6.45) is -4.65. The average molecular weight is 485 g/mol. The lowest BCUT2D eigenvalue weighted by molar-refractivity contribution is -0.141. The molecule has 6 nitrogen and oxygen atoms in total. The Morgan fingerprint density at radius 1 is 0.912 bits per heavy atom. The van der Waals surface area contributed by atoms with Crippen LogP contribution in [0.15, 0.2) is 78.9 Å². The van der Waals surface area contributed by atoms with E-state index >= 15 is 0 Å². The van der Waals surface area contributed by atoms with Crippen molar-refractivity contribution in [2.45, 2.75) is 6.18 Å². The minimum Gasteiger partial charge on any atom is -0.366 e. The molecule has 34 heavy (non-hydrogen) atoms. The Labute approximate surface area is 196 Å². The van der Waals surface area contributed by atoms with Crippen LogP contribution in [0.25, 0.3) is 16.9 Å². The van der Waals surface area contributed by atoms with Gasteiger partial charge in [0.25, 0.3) is 5.91 Å². The molecule has 0 saturated heterocycles. The van der Waals surface area contributed by atoms with Crippen molar-refractivity contribution in [3.8, 4) is 16.9 Å². The molecule has 0 aliphatic rings. The van der Waals surface area contributed by atoms with Crippen molar-refractivity contribution in [1.29, 1.82) is 0 Å². The Balaban J connectivity index is 1.66. The summed E-state index contributed by atoms with van der Waals surface area (Å²) in [6, 6.07) is 19.4. The number of carbonyl (C=O) groups excluding carboxylic acids is 2. The molecule has 1 aromatic heterocycles. The first-order chi connectivity index (χ1) is 16.1. The highest BCUT2D eigenvalue weighted by Crippen LogP contribution is 2.34. The van der Waals surface area contributed by atoms with E-state index in [-0.39, 0.29) is 27.5 Å². The number of rotatable bonds is 5. The maximum atomic E-state index is 13.4. The lowest BCUT2D eigenvalue weighted by Crippen LogP contribution is -2.14. The average Bonchev–Trinajstić information content (AvgIpc) is 3.25. The topological polar surface area (TPSA) is 90.0 Å². The maximum Gasteiger partial charge on any atom is 0.435 e. The summed E-state index contributed by atoms with van der Waals surface area (Å²) in [5, 5.41) is 6.60. The number of aromatic nitrogens is 2. The molecular formula is C24H16ClF3N4O2.